The average Bonchev–Trinajstić information content (AvgIpc) is 2.81. The van der Waals surface area contributed by atoms with Crippen molar-refractivity contribution in [2.24, 2.45) is 0 Å². The second-order valence-corrected chi connectivity index (χ2v) is 4.70. The molecule has 1 amide bonds. The van der Waals surface area contributed by atoms with Crippen molar-refractivity contribution < 1.29 is 9.21 Å². The summed E-state index contributed by atoms with van der Waals surface area (Å²) in [6, 6.07) is 13.4. The number of benzene rings is 2. The summed E-state index contributed by atoms with van der Waals surface area (Å²) in [4.78, 5) is 15.6. The maximum Gasteiger partial charge on any atom is 0.227 e. The zero-order valence-electron chi connectivity index (χ0n) is 11.3. The summed E-state index contributed by atoms with van der Waals surface area (Å²) in [5, 5.41) is 2.74. The average molecular weight is 266 g/mol. The summed E-state index contributed by atoms with van der Waals surface area (Å²) < 4.78 is 5.77. The smallest absolute Gasteiger partial charge is 0.227 e. The number of aromatic nitrogens is 1. The molecule has 1 N–H and O–H groups in total. The number of nitrogens with one attached hydrogen (secondary N) is 1. The van der Waals surface area contributed by atoms with Crippen molar-refractivity contribution in [2.75, 3.05) is 5.32 Å². The van der Waals surface area contributed by atoms with Gasteiger partial charge >= 0.3 is 0 Å². The van der Waals surface area contributed by atoms with Gasteiger partial charge in [0, 0.05) is 18.2 Å². The fourth-order valence-electron chi connectivity index (χ4n) is 2.14. The SMILES string of the molecule is CC(=O)Nc1ccc2oc(-c3ccccc3C)nc2c1. The lowest BCUT2D eigenvalue weighted by Gasteiger charge is -1.99. The second-order valence-electron chi connectivity index (χ2n) is 4.70. The number of amides is 1. The lowest BCUT2D eigenvalue weighted by molar-refractivity contribution is -0.114. The van der Waals surface area contributed by atoms with Gasteiger partial charge < -0.3 is 9.73 Å². The lowest BCUT2D eigenvalue weighted by Crippen LogP contribution is -2.05. The van der Waals surface area contributed by atoms with Gasteiger partial charge in [0.15, 0.2) is 5.58 Å². The molecule has 100 valence electrons. The highest BCUT2D eigenvalue weighted by Gasteiger charge is 2.10. The number of rotatable bonds is 2. The van der Waals surface area contributed by atoms with E-state index in [9.17, 15) is 4.79 Å². The van der Waals surface area contributed by atoms with Crippen LogP contribution in [0.1, 0.15) is 12.5 Å². The quantitative estimate of drug-likeness (QED) is 0.768. The first-order chi connectivity index (χ1) is 9.63. The molecule has 0 saturated carbocycles. The summed E-state index contributed by atoms with van der Waals surface area (Å²) >= 11 is 0. The van der Waals surface area contributed by atoms with Gasteiger partial charge in [0.05, 0.1) is 0 Å². The van der Waals surface area contributed by atoms with E-state index in [1.807, 2.05) is 43.3 Å². The molecule has 0 saturated heterocycles. The molecule has 0 spiro atoms. The topological polar surface area (TPSA) is 55.1 Å². The molecule has 0 atom stereocenters. The van der Waals surface area contributed by atoms with Crippen LogP contribution in [0, 0.1) is 6.92 Å². The third-order valence-electron chi connectivity index (χ3n) is 3.08. The fraction of sp³-hybridized carbons (Fsp3) is 0.125. The van der Waals surface area contributed by atoms with Crippen molar-refractivity contribution in [2.45, 2.75) is 13.8 Å². The Morgan fingerprint density at radius 1 is 1.20 bits per heavy atom. The van der Waals surface area contributed by atoms with Crippen molar-refractivity contribution in [1.29, 1.82) is 0 Å². The summed E-state index contributed by atoms with van der Waals surface area (Å²) in [6.45, 7) is 3.50. The molecule has 0 aliphatic carbocycles. The predicted molar refractivity (Wildman–Crippen MR) is 78.5 cm³/mol. The highest BCUT2D eigenvalue weighted by molar-refractivity contribution is 5.91. The Hall–Kier alpha value is -2.62. The van der Waals surface area contributed by atoms with E-state index >= 15 is 0 Å². The molecule has 4 heteroatoms. The number of hydrogen-bond donors (Lipinski definition) is 1. The number of carbonyl (C=O) groups excluding carboxylic acids is 1. The Labute approximate surface area is 116 Å². The van der Waals surface area contributed by atoms with Gasteiger partial charge in [0.25, 0.3) is 0 Å². The number of fused-ring (bicyclic) bond motifs is 1. The van der Waals surface area contributed by atoms with Crippen LogP contribution in [-0.4, -0.2) is 10.9 Å². The maximum atomic E-state index is 11.1. The third kappa shape index (κ3) is 2.28. The molecule has 1 aromatic heterocycles. The van der Waals surface area contributed by atoms with Crippen LogP contribution in [0.4, 0.5) is 5.69 Å². The molecule has 20 heavy (non-hydrogen) atoms. The number of hydrogen-bond acceptors (Lipinski definition) is 3. The Balaban J connectivity index is 2.07. The molecule has 4 nitrogen and oxygen atoms in total. The van der Waals surface area contributed by atoms with Crippen LogP contribution in [0.3, 0.4) is 0 Å². The largest absolute Gasteiger partial charge is 0.436 e. The predicted octanol–water partition coefficient (Wildman–Crippen LogP) is 3.76. The van der Waals surface area contributed by atoms with Crippen molar-refractivity contribution in [1.82, 2.24) is 4.98 Å². The number of carbonyl (C=O) groups is 1. The van der Waals surface area contributed by atoms with E-state index in [2.05, 4.69) is 10.3 Å². The van der Waals surface area contributed by atoms with Gasteiger partial charge in [0.1, 0.15) is 5.52 Å². The van der Waals surface area contributed by atoms with E-state index in [4.69, 9.17) is 4.42 Å². The van der Waals surface area contributed by atoms with Crippen molar-refractivity contribution in [3.8, 4) is 11.5 Å². The Morgan fingerprint density at radius 3 is 2.75 bits per heavy atom. The van der Waals surface area contributed by atoms with E-state index in [-0.39, 0.29) is 5.91 Å². The minimum Gasteiger partial charge on any atom is -0.436 e. The minimum atomic E-state index is -0.105. The highest BCUT2D eigenvalue weighted by atomic mass is 16.3. The van der Waals surface area contributed by atoms with E-state index in [0.717, 1.165) is 22.3 Å². The van der Waals surface area contributed by atoms with Crippen LogP contribution in [0.15, 0.2) is 46.9 Å². The van der Waals surface area contributed by atoms with Crippen LogP contribution < -0.4 is 5.32 Å². The Kier molecular flexibility index (Phi) is 2.99. The summed E-state index contributed by atoms with van der Waals surface area (Å²) in [6.07, 6.45) is 0. The molecule has 0 unspecified atom stereocenters. The van der Waals surface area contributed by atoms with E-state index in [1.54, 1.807) is 6.07 Å². The van der Waals surface area contributed by atoms with Crippen molar-refractivity contribution in [3.63, 3.8) is 0 Å². The molecular weight excluding hydrogens is 252 g/mol. The first-order valence-corrected chi connectivity index (χ1v) is 6.37. The Morgan fingerprint density at radius 2 is 2.00 bits per heavy atom. The molecular formula is C16H14N2O2. The lowest BCUT2D eigenvalue weighted by atomic mass is 10.1. The molecule has 0 fully saturated rings. The monoisotopic (exact) mass is 266 g/mol. The van der Waals surface area contributed by atoms with Gasteiger partial charge in [0.2, 0.25) is 11.8 Å². The molecule has 0 radical (unpaired) electrons. The minimum absolute atomic E-state index is 0.105. The van der Waals surface area contributed by atoms with Crippen molar-refractivity contribution in [3.05, 3.63) is 48.0 Å². The standard InChI is InChI=1S/C16H14N2O2/c1-10-5-3-4-6-13(10)16-18-14-9-12(17-11(2)19)7-8-15(14)20-16/h3-9H,1-2H3,(H,17,19). The normalized spacial score (nSPS) is 10.7. The van der Waals surface area contributed by atoms with Crippen LogP contribution in [0.2, 0.25) is 0 Å². The van der Waals surface area contributed by atoms with Crippen LogP contribution in [0.25, 0.3) is 22.6 Å². The third-order valence-corrected chi connectivity index (χ3v) is 3.08. The number of nitrogens with zero attached hydrogens (tertiary/aromatic N) is 1. The van der Waals surface area contributed by atoms with Gasteiger partial charge in [-0.2, -0.15) is 0 Å². The van der Waals surface area contributed by atoms with E-state index in [1.165, 1.54) is 6.92 Å². The van der Waals surface area contributed by atoms with Gasteiger partial charge in [-0.15, -0.1) is 0 Å². The number of anilines is 1. The molecule has 0 aliphatic rings. The zero-order valence-corrected chi connectivity index (χ0v) is 11.3. The molecule has 3 rings (SSSR count). The Bertz CT molecular complexity index is 790. The van der Waals surface area contributed by atoms with Crippen LogP contribution in [0.5, 0.6) is 0 Å². The molecule has 2 aromatic carbocycles. The molecule has 0 bridgehead atoms. The van der Waals surface area contributed by atoms with E-state index in [0.29, 0.717) is 11.5 Å². The second kappa shape index (κ2) is 4.81. The molecule has 0 aliphatic heterocycles. The fourth-order valence-corrected chi connectivity index (χ4v) is 2.14. The number of aryl methyl sites for hydroxylation is 1. The first-order valence-electron chi connectivity index (χ1n) is 6.37. The maximum absolute atomic E-state index is 11.1. The van der Waals surface area contributed by atoms with Crippen molar-refractivity contribution >= 4 is 22.7 Å². The summed E-state index contributed by atoms with van der Waals surface area (Å²) in [7, 11) is 0. The zero-order chi connectivity index (χ0) is 14.1. The molecule has 3 aromatic rings. The summed E-state index contributed by atoms with van der Waals surface area (Å²) in [5.74, 6) is 0.491. The highest BCUT2D eigenvalue weighted by Crippen LogP contribution is 2.27. The number of oxazole rings is 1. The van der Waals surface area contributed by atoms with E-state index < -0.39 is 0 Å². The van der Waals surface area contributed by atoms with Gasteiger partial charge in [-0.25, -0.2) is 4.98 Å². The van der Waals surface area contributed by atoms with Gasteiger partial charge in [-0.3, -0.25) is 4.79 Å². The summed E-state index contributed by atoms with van der Waals surface area (Å²) in [5.41, 5.74) is 4.24. The van der Waals surface area contributed by atoms with Gasteiger partial charge in [-0.05, 0) is 36.8 Å². The molecule has 1 heterocycles. The van der Waals surface area contributed by atoms with Crippen LogP contribution in [-0.2, 0) is 4.79 Å². The van der Waals surface area contributed by atoms with Gasteiger partial charge in [-0.1, -0.05) is 18.2 Å². The van der Waals surface area contributed by atoms with Crippen LogP contribution >= 0.6 is 0 Å². The first kappa shape index (κ1) is 12.4.